The van der Waals surface area contributed by atoms with Crippen LogP contribution in [0.1, 0.15) is 5.69 Å². The van der Waals surface area contributed by atoms with Crippen LogP contribution in [-0.4, -0.2) is 22.2 Å². The van der Waals surface area contributed by atoms with E-state index in [0.29, 0.717) is 6.20 Å². The molecule has 8 heteroatoms. The van der Waals surface area contributed by atoms with Crippen LogP contribution >= 0.6 is 0 Å². The van der Waals surface area contributed by atoms with Crippen LogP contribution in [0.5, 0.6) is 0 Å². The number of hydrogen-bond donors (Lipinski definition) is 2. The Balaban J connectivity index is 3.28. The van der Waals surface area contributed by atoms with Gasteiger partial charge in [-0.05, 0) is 6.07 Å². The minimum absolute atomic E-state index is 0.653. The van der Waals surface area contributed by atoms with Gasteiger partial charge in [-0.25, -0.2) is 9.37 Å². The third-order valence-electron chi connectivity index (χ3n) is 1.47. The fourth-order valence-corrected chi connectivity index (χ4v) is 0.856. The molecule has 0 bridgehead atoms. The van der Waals surface area contributed by atoms with Gasteiger partial charge in [0.15, 0.2) is 11.5 Å². The van der Waals surface area contributed by atoms with Gasteiger partial charge in [0, 0.05) is 11.7 Å². The standard InChI is InChI=1S/C6H4BF4NO2/c8-4-3(7(13)14)1-2-12-5(4)6(9,10)11/h1-2,13-14H. The molecule has 0 atom stereocenters. The van der Waals surface area contributed by atoms with Gasteiger partial charge in [0.1, 0.15) is 0 Å². The maximum atomic E-state index is 12.9. The van der Waals surface area contributed by atoms with Crippen LogP contribution in [-0.2, 0) is 6.18 Å². The van der Waals surface area contributed by atoms with E-state index in [4.69, 9.17) is 10.0 Å². The molecule has 1 aromatic heterocycles. The van der Waals surface area contributed by atoms with Crippen molar-refractivity contribution < 1.29 is 27.6 Å². The lowest BCUT2D eigenvalue weighted by Gasteiger charge is -2.08. The second-order valence-electron chi connectivity index (χ2n) is 2.43. The molecule has 0 radical (unpaired) electrons. The predicted octanol–water partition coefficient (Wildman–Crippen LogP) is -0.0807. The summed E-state index contributed by atoms with van der Waals surface area (Å²) >= 11 is 0. The Kier molecular flexibility index (Phi) is 2.77. The average molecular weight is 209 g/mol. The third-order valence-corrected chi connectivity index (χ3v) is 1.47. The molecule has 0 fully saturated rings. The molecule has 76 valence electrons. The average Bonchev–Trinajstić information content (AvgIpc) is 2.01. The SMILES string of the molecule is OB(O)c1ccnc(C(F)(F)F)c1F. The summed E-state index contributed by atoms with van der Waals surface area (Å²) in [6.45, 7) is 0. The fraction of sp³-hybridized carbons (Fsp3) is 0.167. The molecule has 0 aromatic carbocycles. The van der Waals surface area contributed by atoms with Crippen molar-refractivity contribution in [3.8, 4) is 0 Å². The zero-order chi connectivity index (χ0) is 10.9. The first kappa shape index (κ1) is 10.9. The summed E-state index contributed by atoms with van der Waals surface area (Å²) in [6, 6.07) is 0.759. The summed E-state index contributed by atoms with van der Waals surface area (Å²) in [7, 11) is -2.29. The molecular formula is C6H4BF4NO2. The third kappa shape index (κ3) is 2.02. The molecule has 0 amide bonds. The lowest BCUT2D eigenvalue weighted by Crippen LogP contribution is -2.35. The Bertz CT molecular complexity index is 341. The Morgan fingerprint density at radius 2 is 1.86 bits per heavy atom. The molecule has 1 rings (SSSR count). The van der Waals surface area contributed by atoms with E-state index in [-0.39, 0.29) is 0 Å². The summed E-state index contributed by atoms with van der Waals surface area (Å²) in [5, 5.41) is 17.0. The largest absolute Gasteiger partial charge is 0.491 e. The number of hydrogen-bond acceptors (Lipinski definition) is 3. The molecule has 0 spiro atoms. The Hall–Kier alpha value is -1.15. The van der Waals surface area contributed by atoms with Crippen LogP contribution in [0.25, 0.3) is 0 Å². The fourth-order valence-electron chi connectivity index (χ4n) is 0.856. The Morgan fingerprint density at radius 3 is 2.29 bits per heavy atom. The number of nitrogens with zero attached hydrogens (tertiary/aromatic N) is 1. The first-order valence-electron chi connectivity index (χ1n) is 3.41. The number of halogens is 4. The second kappa shape index (κ2) is 3.54. The van der Waals surface area contributed by atoms with Crippen molar-refractivity contribution >= 4 is 12.6 Å². The Morgan fingerprint density at radius 1 is 1.29 bits per heavy atom. The highest BCUT2D eigenvalue weighted by molar-refractivity contribution is 6.58. The van der Waals surface area contributed by atoms with Gasteiger partial charge in [-0.3, -0.25) is 0 Å². The van der Waals surface area contributed by atoms with Gasteiger partial charge in [-0.2, -0.15) is 13.2 Å². The minimum Gasteiger partial charge on any atom is -0.423 e. The number of pyridine rings is 1. The zero-order valence-electron chi connectivity index (χ0n) is 6.59. The van der Waals surface area contributed by atoms with Crippen LogP contribution in [0.15, 0.2) is 12.3 Å². The van der Waals surface area contributed by atoms with Gasteiger partial charge < -0.3 is 10.0 Å². The molecule has 0 saturated carbocycles. The number of alkyl halides is 3. The van der Waals surface area contributed by atoms with E-state index in [1.54, 1.807) is 0 Å². The van der Waals surface area contributed by atoms with E-state index in [1.807, 2.05) is 0 Å². The van der Waals surface area contributed by atoms with Crippen LogP contribution in [0.3, 0.4) is 0 Å². The highest BCUT2D eigenvalue weighted by Crippen LogP contribution is 2.28. The molecule has 1 heterocycles. The van der Waals surface area contributed by atoms with Crippen LogP contribution < -0.4 is 5.46 Å². The predicted molar refractivity (Wildman–Crippen MR) is 39.0 cm³/mol. The second-order valence-corrected chi connectivity index (χ2v) is 2.43. The van der Waals surface area contributed by atoms with Gasteiger partial charge in [-0.1, -0.05) is 0 Å². The zero-order valence-corrected chi connectivity index (χ0v) is 6.59. The summed E-state index contributed by atoms with van der Waals surface area (Å²) in [4.78, 5) is 2.77. The van der Waals surface area contributed by atoms with Gasteiger partial charge >= 0.3 is 13.3 Å². The molecule has 0 aliphatic carbocycles. The van der Waals surface area contributed by atoms with Crippen molar-refractivity contribution in [1.82, 2.24) is 4.98 Å². The first-order valence-corrected chi connectivity index (χ1v) is 3.41. The highest BCUT2D eigenvalue weighted by Gasteiger charge is 2.38. The molecule has 2 N–H and O–H groups in total. The van der Waals surface area contributed by atoms with Gasteiger partial charge in [-0.15, -0.1) is 0 Å². The first-order chi connectivity index (χ1) is 6.34. The van der Waals surface area contributed by atoms with E-state index in [1.165, 1.54) is 0 Å². The van der Waals surface area contributed by atoms with Crippen molar-refractivity contribution in [2.45, 2.75) is 6.18 Å². The molecule has 1 aromatic rings. The van der Waals surface area contributed by atoms with Crippen molar-refractivity contribution in [2.75, 3.05) is 0 Å². The van der Waals surface area contributed by atoms with E-state index in [0.717, 1.165) is 6.07 Å². The molecule has 14 heavy (non-hydrogen) atoms. The Labute approximate surface area is 76.2 Å². The molecule has 3 nitrogen and oxygen atoms in total. The minimum atomic E-state index is -4.95. The molecule has 0 aliphatic heterocycles. The maximum absolute atomic E-state index is 12.9. The van der Waals surface area contributed by atoms with Crippen molar-refractivity contribution in [3.63, 3.8) is 0 Å². The number of rotatable bonds is 1. The summed E-state index contributed by atoms with van der Waals surface area (Å²) < 4.78 is 49.0. The monoisotopic (exact) mass is 209 g/mol. The summed E-state index contributed by atoms with van der Waals surface area (Å²) in [5.74, 6) is -1.77. The van der Waals surface area contributed by atoms with E-state index in [9.17, 15) is 17.6 Å². The molecule has 0 unspecified atom stereocenters. The lowest BCUT2D eigenvalue weighted by molar-refractivity contribution is -0.143. The van der Waals surface area contributed by atoms with E-state index < -0.39 is 30.3 Å². The lowest BCUT2D eigenvalue weighted by atomic mass is 9.80. The smallest absolute Gasteiger partial charge is 0.423 e. The van der Waals surface area contributed by atoms with Crippen molar-refractivity contribution in [3.05, 3.63) is 23.8 Å². The number of aromatic nitrogens is 1. The normalized spacial score (nSPS) is 11.6. The van der Waals surface area contributed by atoms with E-state index >= 15 is 0 Å². The van der Waals surface area contributed by atoms with E-state index in [2.05, 4.69) is 4.98 Å². The summed E-state index contributed by atoms with van der Waals surface area (Å²) in [6.07, 6.45) is -4.30. The molecule has 0 saturated heterocycles. The topological polar surface area (TPSA) is 53.4 Å². The molecular weight excluding hydrogens is 205 g/mol. The maximum Gasteiger partial charge on any atom is 0.491 e. The van der Waals surface area contributed by atoms with Crippen LogP contribution in [0.4, 0.5) is 17.6 Å². The quantitative estimate of drug-likeness (QED) is 0.502. The van der Waals surface area contributed by atoms with Gasteiger partial charge in [0.2, 0.25) is 0 Å². The van der Waals surface area contributed by atoms with Crippen molar-refractivity contribution in [1.29, 1.82) is 0 Å². The van der Waals surface area contributed by atoms with Gasteiger partial charge in [0.25, 0.3) is 0 Å². The van der Waals surface area contributed by atoms with Crippen molar-refractivity contribution in [2.24, 2.45) is 0 Å². The summed E-state index contributed by atoms with van der Waals surface area (Å²) in [5.41, 5.74) is -2.62. The highest BCUT2D eigenvalue weighted by atomic mass is 19.4. The molecule has 0 aliphatic rings. The van der Waals surface area contributed by atoms with Crippen LogP contribution in [0, 0.1) is 5.82 Å². The van der Waals surface area contributed by atoms with Crippen LogP contribution in [0.2, 0.25) is 0 Å². The van der Waals surface area contributed by atoms with Gasteiger partial charge in [0.05, 0.1) is 0 Å².